The van der Waals surface area contributed by atoms with Gasteiger partial charge in [-0.1, -0.05) is 36.4 Å². The molecule has 0 saturated heterocycles. The maximum Gasteiger partial charge on any atom is 0.255 e. The Bertz CT molecular complexity index is 1180. The molecule has 1 heterocycles. The van der Waals surface area contributed by atoms with Crippen LogP contribution in [0.4, 0.5) is 11.4 Å². The molecule has 0 saturated carbocycles. The van der Waals surface area contributed by atoms with Gasteiger partial charge in [0, 0.05) is 44.5 Å². The number of amides is 1. The second-order valence-corrected chi connectivity index (χ2v) is 7.68. The molecule has 0 aliphatic carbocycles. The van der Waals surface area contributed by atoms with Gasteiger partial charge in [-0.05, 0) is 48.4 Å². The molecule has 0 fully saturated rings. The van der Waals surface area contributed by atoms with Crippen LogP contribution in [0.1, 0.15) is 21.7 Å². The van der Waals surface area contributed by atoms with Crippen LogP contribution in [0.25, 0.3) is 11.0 Å². The van der Waals surface area contributed by atoms with E-state index in [4.69, 9.17) is 4.98 Å². The van der Waals surface area contributed by atoms with Gasteiger partial charge in [-0.3, -0.25) is 4.79 Å². The average molecular weight is 399 g/mol. The summed E-state index contributed by atoms with van der Waals surface area (Å²) in [7, 11) is 5.96. The Labute approximate surface area is 177 Å². The predicted octanol–water partition coefficient (Wildman–Crippen LogP) is 4.68. The topological polar surface area (TPSA) is 50.2 Å². The zero-order chi connectivity index (χ0) is 21.1. The highest BCUT2D eigenvalue weighted by Crippen LogP contribution is 2.22. The number of benzene rings is 3. The lowest BCUT2D eigenvalue weighted by Gasteiger charge is -2.13. The van der Waals surface area contributed by atoms with Crippen molar-refractivity contribution in [1.29, 1.82) is 0 Å². The van der Waals surface area contributed by atoms with Crippen molar-refractivity contribution in [2.75, 3.05) is 24.3 Å². The fraction of sp³-hybridized carbons (Fsp3) is 0.200. The molecule has 3 aromatic carbocycles. The summed E-state index contributed by atoms with van der Waals surface area (Å²) < 4.78 is 2.13. The number of nitrogens with zero attached hydrogens (tertiary/aromatic N) is 3. The van der Waals surface area contributed by atoms with Crippen molar-refractivity contribution in [3.05, 3.63) is 89.7 Å². The lowest BCUT2D eigenvalue weighted by molar-refractivity contribution is 0.102. The summed E-state index contributed by atoms with van der Waals surface area (Å²) in [5.74, 6) is 0.911. The van der Waals surface area contributed by atoms with Crippen LogP contribution in [-0.4, -0.2) is 29.6 Å². The zero-order valence-electron chi connectivity index (χ0n) is 17.6. The highest BCUT2D eigenvalue weighted by molar-refractivity contribution is 6.05. The maximum atomic E-state index is 12.7. The van der Waals surface area contributed by atoms with Crippen molar-refractivity contribution < 1.29 is 4.79 Å². The predicted molar refractivity (Wildman–Crippen MR) is 123 cm³/mol. The summed E-state index contributed by atoms with van der Waals surface area (Å²) in [4.78, 5) is 19.5. The molecule has 1 amide bonds. The minimum atomic E-state index is -0.127. The van der Waals surface area contributed by atoms with Gasteiger partial charge in [-0.15, -0.1) is 0 Å². The molecule has 30 heavy (non-hydrogen) atoms. The molecule has 1 N–H and O–H groups in total. The second kappa shape index (κ2) is 8.41. The molecule has 1 aromatic heterocycles. The van der Waals surface area contributed by atoms with E-state index in [0.717, 1.165) is 41.1 Å². The van der Waals surface area contributed by atoms with E-state index in [9.17, 15) is 4.79 Å². The smallest absolute Gasteiger partial charge is 0.255 e. The summed E-state index contributed by atoms with van der Waals surface area (Å²) in [6, 6.07) is 23.9. The third-order valence-corrected chi connectivity index (χ3v) is 5.34. The molecule has 0 unspecified atom stereocenters. The van der Waals surface area contributed by atoms with Gasteiger partial charge in [0.25, 0.3) is 5.91 Å². The van der Waals surface area contributed by atoms with E-state index in [-0.39, 0.29) is 5.91 Å². The molecule has 0 spiro atoms. The maximum absolute atomic E-state index is 12.7. The van der Waals surface area contributed by atoms with Crippen LogP contribution < -0.4 is 10.2 Å². The Morgan fingerprint density at radius 3 is 2.53 bits per heavy atom. The first-order valence-corrected chi connectivity index (χ1v) is 10.1. The molecule has 4 aromatic rings. The van der Waals surface area contributed by atoms with E-state index in [0.29, 0.717) is 5.56 Å². The Kier molecular flexibility index (Phi) is 5.53. The minimum Gasteiger partial charge on any atom is -0.378 e. The number of anilines is 2. The number of aryl methyl sites for hydroxylation is 3. The van der Waals surface area contributed by atoms with Crippen LogP contribution in [0.5, 0.6) is 0 Å². The van der Waals surface area contributed by atoms with Gasteiger partial charge < -0.3 is 14.8 Å². The quantitative estimate of drug-likeness (QED) is 0.513. The van der Waals surface area contributed by atoms with Gasteiger partial charge in [-0.2, -0.15) is 0 Å². The highest BCUT2D eigenvalue weighted by Gasteiger charge is 2.11. The van der Waals surface area contributed by atoms with E-state index >= 15 is 0 Å². The third-order valence-electron chi connectivity index (χ3n) is 5.34. The summed E-state index contributed by atoms with van der Waals surface area (Å²) in [6.07, 6.45) is 1.82. The van der Waals surface area contributed by atoms with E-state index in [1.165, 1.54) is 5.56 Å². The van der Waals surface area contributed by atoms with Crippen LogP contribution in [0.2, 0.25) is 0 Å². The van der Waals surface area contributed by atoms with Crippen molar-refractivity contribution in [1.82, 2.24) is 9.55 Å². The Morgan fingerprint density at radius 1 is 0.967 bits per heavy atom. The number of carbonyl (C=O) groups is 1. The molecule has 5 nitrogen and oxygen atoms in total. The lowest BCUT2D eigenvalue weighted by atomic mass is 10.1. The molecule has 5 heteroatoms. The first-order valence-electron chi connectivity index (χ1n) is 10.1. The van der Waals surface area contributed by atoms with Crippen molar-refractivity contribution in [2.45, 2.75) is 12.8 Å². The fourth-order valence-electron chi connectivity index (χ4n) is 3.58. The van der Waals surface area contributed by atoms with Gasteiger partial charge in [0.1, 0.15) is 5.82 Å². The molecule has 0 aliphatic rings. The lowest BCUT2D eigenvalue weighted by Crippen LogP contribution is -2.14. The highest BCUT2D eigenvalue weighted by atomic mass is 16.1. The molecule has 0 bridgehead atoms. The number of carbonyl (C=O) groups excluding carboxylic acids is 1. The Balaban J connectivity index is 1.52. The molecule has 4 rings (SSSR count). The van der Waals surface area contributed by atoms with Crippen molar-refractivity contribution in [3.8, 4) is 0 Å². The van der Waals surface area contributed by atoms with Gasteiger partial charge in [0.15, 0.2) is 0 Å². The largest absolute Gasteiger partial charge is 0.378 e. The van der Waals surface area contributed by atoms with E-state index in [1.54, 1.807) is 0 Å². The average Bonchev–Trinajstić information content (AvgIpc) is 3.08. The Morgan fingerprint density at radius 2 is 1.77 bits per heavy atom. The SMILES string of the molecule is CN(C)c1cccc(C(=O)Nc2ccc3c(c2)nc(CCc2ccccc2)n3C)c1. The summed E-state index contributed by atoms with van der Waals surface area (Å²) in [5, 5.41) is 3.00. The zero-order valence-corrected chi connectivity index (χ0v) is 17.6. The van der Waals surface area contributed by atoms with Crippen LogP contribution in [-0.2, 0) is 19.9 Å². The minimum absolute atomic E-state index is 0.127. The van der Waals surface area contributed by atoms with Crippen LogP contribution in [0, 0.1) is 0 Å². The fourth-order valence-corrected chi connectivity index (χ4v) is 3.58. The number of imidazole rings is 1. The van der Waals surface area contributed by atoms with Gasteiger partial charge in [0.2, 0.25) is 0 Å². The standard InChI is InChI=1S/C25H26N4O/c1-28(2)21-11-7-10-19(16-21)25(30)26-20-13-14-23-22(17-20)27-24(29(23)3)15-12-18-8-5-4-6-9-18/h4-11,13-14,16-17H,12,15H2,1-3H3,(H,26,30). The van der Waals surface area contributed by atoms with Crippen LogP contribution in [0.3, 0.4) is 0 Å². The summed E-state index contributed by atoms with van der Waals surface area (Å²) in [5.41, 5.74) is 5.62. The number of hydrogen-bond donors (Lipinski definition) is 1. The summed E-state index contributed by atoms with van der Waals surface area (Å²) in [6.45, 7) is 0. The summed E-state index contributed by atoms with van der Waals surface area (Å²) >= 11 is 0. The molecule has 0 aliphatic heterocycles. The van der Waals surface area contributed by atoms with Crippen LogP contribution in [0.15, 0.2) is 72.8 Å². The molecular formula is C25H26N4O. The van der Waals surface area contributed by atoms with E-state index in [2.05, 4.69) is 34.1 Å². The number of fused-ring (bicyclic) bond motifs is 1. The number of aromatic nitrogens is 2. The van der Waals surface area contributed by atoms with E-state index in [1.807, 2.05) is 74.6 Å². The van der Waals surface area contributed by atoms with Gasteiger partial charge in [0.05, 0.1) is 11.0 Å². The normalized spacial score (nSPS) is 10.9. The van der Waals surface area contributed by atoms with E-state index < -0.39 is 0 Å². The number of hydrogen-bond acceptors (Lipinski definition) is 3. The van der Waals surface area contributed by atoms with Crippen molar-refractivity contribution in [3.63, 3.8) is 0 Å². The first-order chi connectivity index (χ1) is 14.5. The molecule has 0 radical (unpaired) electrons. The second-order valence-electron chi connectivity index (χ2n) is 7.68. The van der Waals surface area contributed by atoms with Crippen molar-refractivity contribution >= 4 is 28.3 Å². The first kappa shape index (κ1) is 19.7. The third kappa shape index (κ3) is 4.20. The monoisotopic (exact) mass is 398 g/mol. The number of rotatable bonds is 6. The van der Waals surface area contributed by atoms with Gasteiger partial charge in [-0.25, -0.2) is 4.98 Å². The number of nitrogens with one attached hydrogen (secondary N) is 1. The molecular weight excluding hydrogens is 372 g/mol. The Hall–Kier alpha value is -3.60. The van der Waals surface area contributed by atoms with Crippen molar-refractivity contribution in [2.24, 2.45) is 7.05 Å². The molecule has 0 atom stereocenters. The van der Waals surface area contributed by atoms with Gasteiger partial charge >= 0.3 is 0 Å². The molecule has 152 valence electrons. The van der Waals surface area contributed by atoms with Crippen LogP contribution >= 0.6 is 0 Å².